The Kier molecular flexibility index (Phi) is 7.77. The zero-order valence-corrected chi connectivity index (χ0v) is 13.1. The number of alkyl halides is 3. The maximum atomic E-state index is 12.1. The van der Waals surface area contributed by atoms with Gasteiger partial charge >= 0.3 is 6.18 Å². The molecule has 0 aromatic heterocycles. The number of aryl methyl sites for hydroxylation is 1. The summed E-state index contributed by atoms with van der Waals surface area (Å²) in [7, 11) is 0. The minimum absolute atomic E-state index is 0.133. The standard InChI is InChI=1S/C16H24F3N3/c1-3-20-15(21-11-7-6-10-16(17,18)19)22-12-14-9-5-4-8-13(14)2/h4-5,8-9H,3,6-7,10-12H2,1-2H3,(H2,20,21,22). The van der Waals surface area contributed by atoms with Crippen molar-refractivity contribution in [2.45, 2.75) is 45.8 Å². The lowest BCUT2D eigenvalue weighted by Crippen LogP contribution is -2.37. The zero-order chi connectivity index (χ0) is 16.4. The lowest BCUT2D eigenvalue weighted by atomic mass is 10.1. The van der Waals surface area contributed by atoms with Gasteiger partial charge in [0.05, 0.1) is 6.54 Å². The molecule has 6 heteroatoms. The van der Waals surface area contributed by atoms with Crippen molar-refractivity contribution >= 4 is 5.96 Å². The van der Waals surface area contributed by atoms with E-state index in [-0.39, 0.29) is 6.42 Å². The predicted molar refractivity (Wildman–Crippen MR) is 83.9 cm³/mol. The first-order valence-corrected chi connectivity index (χ1v) is 7.56. The summed E-state index contributed by atoms with van der Waals surface area (Å²) in [5.41, 5.74) is 2.31. The number of guanidine groups is 1. The second-order valence-electron chi connectivity index (χ2n) is 5.12. The van der Waals surface area contributed by atoms with Gasteiger partial charge in [0.25, 0.3) is 0 Å². The van der Waals surface area contributed by atoms with Crippen LogP contribution in [-0.4, -0.2) is 25.2 Å². The number of nitrogens with one attached hydrogen (secondary N) is 2. The number of aliphatic imine (C=N–C) groups is 1. The SMILES string of the molecule is CCNC(=NCc1ccccc1C)NCCCCC(F)(F)F. The van der Waals surface area contributed by atoms with E-state index in [0.717, 1.165) is 5.56 Å². The summed E-state index contributed by atoms with van der Waals surface area (Å²) < 4.78 is 36.2. The first-order valence-electron chi connectivity index (χ1n) is 7.56. The summed E-state index contributed by atoms with van der Waals surface area (Å²) in [4.78, 5) is 4.46. The highest BCUT2D eigenvalue weighted by Gasteiger charge is 2.25. The van der Waals surface area contributed by atoms with Crippen molar-refractivity contribution in [3.63, 3.8) is 0 Å². The van der Waals surface area contributed by atoms with Crippen LogP contribution in [0.4, 0.5) is 13.2 Å². The van der Waals surface area contributed by atoms with Crippen molar-refractivity contribution in [1.29, 1.82) is 0 Å². The number of nitrogens with zero attached hydrogens (tertiary/aromatic N) is 1. The first-order chi connectivity index (χ1) is 10.4. The highest BCUT2D eigenvalue weighted by molar-refractivity contribution is 5.79. The zero-order valence-electron chi connectivity index (χ0n) is 13.1. The number of hydrogen-bond donors (Lipinski definition) is 2. The summed E-state index contributed by atoms with van der Waals surface area (Å²) in [5, 5.41) is 6.16. The molecule has 0 aliphatic rings. The van der Waals surface area contributed by atoms with Gasteiger partial charge in [-0.1, -0.05) is 24.3 Å². The summed E-state index contributed by atoms with van der Waals surface area (Å²) in [6.45, 7) is 5.72. The first kappa shape index (κ1) is 18.3. The van der Waals surface area contributed by atoms with Gasteiger partial charge in [0.15, 0.2) is 5.96 Å². The van der Waals surface area contributed by atoms with E-state index in [1.807, 2.05) is 38.1 Å². The Labute approximate surface area is 130 Å². The van der Waals surface area contributed by atoms with E-state index in [1.54, 1.807) is 0 Å². The van der Waals surface area contributed by atoms with Crippen LogP contribution in [0.3, 0.4) is 0 Å². The molecule has 1 aromatic carbocycles. The molecule has 0 bridgehead atoms. The Morgan fingerprint density at radius 3 is 2.50 bits per heavy atom. The molecular formula is C16H24F3N3. The summed E-state index contributed by atoms with van der Waals surface area (Å²) >= 11 is 0. The molecule has 3 nitrogen and oxygen atoms in total. The molecule has 0 spiro atoms. The molecule has 0 fully saturated rings. The Morgan fingerprint density at radius 1 is 1.14 bits per heavy atom. The van der Waals surface area contributed by atoms with Crippen LogP contribution >= 0.6 is 0 Å². The van der Waals surface area contributed by atoms with E-state index < -0.39 is 12.6 Å². The molecule has 1 rings (SSSR count). The molecular weight excluding hydrogens is 291 g/mol. The smallest absolute Gasteiger partial charge is 0.357 e. The van der Waals surface area contributed by atoms with Gasteiger partial charge in [0.2, 0.25) is 0 Å². The van der Waals surface area contributed by atoms with Crippen LogP contribution in [0.15, 0.2) is 29.3 Å². The van der Waals surface area contributed by atoms with E-state index in [0.29, 0.717) is 32.0 Å². The van der Waals surface area contributed by atoms with Crippen LogP contribution in [0.2, 0.25) is 0 Å². The third kappa shape index (κ3) is 7.90. The largest absolute Gasteiger partial charge is 0.389 e. The van der Waals surface area contributed by atoms with Crippen LogP contribution in [0, 0.1) is 6.92 Å². The number of benzene rings is 1. The van der Waals surface area contributed by atoms with E-state index in [4.69, 9.17) is 0 Å². The molecule has 22 heavy (non-hydrogen) atoms. The van der Waals surface area contributed by atoms with Crippen molar-refractivity contribution in [2.24, 2.45) is 4.99 Å². The highest BCUT2D eigenvalue weighted by atomic mass is 19.4. The molecule has 0 amide bonds. The van der Waals surface area contributed by atoms with Crippen molar-refractivity contribution in [3.8, 4) is 0 Å². The molecule has 0 aliphatic heterocycles. The highest BCUT2D eigenvalue weighted by Crippen LogP contribution is 2.21. The molecule has 0 unspecified atom stereocenters. The maximum Gasteiger partial charge on any atom is 0.389 e. The Morgan fingerprint density at radius 2 is 1.86 bits per heavy atom. The fourth-order valence-electron chi connectivity index (χ4n) is 1.95. The average molecular weight is 315 g/mol. The van der Waals surface area contributed by atoms with Crippen molar-refractivity contribution in [2.75, 3.05) is 13.1 Å². The molecule has 0 saturated heterocycles. The molecule has 0 radical (unpaired) electrons. The number of halogens is 3. The molecule has 124 valence electrons. The number of hydrogen-bond acceptors (Lipinski definition) is 1. The van der Waals surface area contributed by atoms with E-state index in [9.17, 15) is 13.2 Å². The second-order valence-corrected chi connectivity index (χ2v) is 5.12. The Bertz CT molecular complexity index is 470. The van der Waals surface area contributed by atoms with Gasteiger partial charge in [-0.05, 0) is 37.8 Å². The quantitative estimate of drug-likeness (QED) is 0.456. The van der Waals surface area contributed by atoms with Gasteiger partial charge in [0, 0.05) is 19.5 Å². The van der Waals surface area contributed by atoms with Crippen molar-refractivity contribution in [1.82, 2.24) is 10.6 Å². The minimum atomic E-state index is -4.07. The van der Waals surface area contributed by atoms with Crippen LogP contribution in [0.5, 0.6) is 0 Å². The molecule has 0 atom stereocenters. The normalized spacial score (nSPS) is 12.3. The van der Waals surface area contributed by atoms with E-state index in [1.165, 1.54) is 5.56 Å². The Hall–Kier alpha value is -1.72. The number of unbranched alkanes of at least 4 members (excludes halogenated alkanes) is 1. The predicted octanol–water partition coefficient (Wildman–Crippen LogP) is 3.78. The van der Waals surface area contributed by atoms with E-state index in [2.05, 4.69) is 15.6 Å². The average Bonchev–Trinajstić information content (AvgIpc) is 2.44. The van der Waals surface area contributed by atoms with Crippen LogP contribution in [-0.2, 0) is 6.54 Å². The van der Waals surface area contributed by atoms with Gasteiger partial charge in [-0.15, -0.1) is 0 Å². The summed E-state index contributed by atoms with van der Waals surface area (Å²) in [6.07, 6.45) is -4.20. The molecule has 0 heterocycles. The molecule has 1 aromatic rings. The van der Waals surface area contributed by atoms with Crippen LogP contribution in [0.1, 0.15) is 37.3 Å². The Balaban J connectivity index is 2.41. The molecule has 2 N–H and O–H groups in total. The van der Waals surface area contributed by atoms with Crippen molar-refractivity contribution in [3.05, 3.63) is 35.4 Å². The minimum Gasteiger partial charge on any atom is -0.357 e. The van der Waals surface area contributed by atoms with Crippen LogP contribution in [0.25, 0.3) is 0 Å². The maximum absolute atomic E-state index is 12.1. The third-order valence-electron chi connectivity index (χ3n) is 3.19. The van der Waals surface area contributed by atoms with Gasteiger partial charge < -0.3 is 10.6 Å². The van der Waals surface area contributed by atoms with Gasteiger partial charge in [-0.25, -0.2) is 4.99 Å². The lowest BCUT2D eigenvalue weighted by Gasteiger charge is -2.12. The summed E-state index contributed by atoms with van der Waals surface area (Å²) in [5.74, 6) is 0.637. The number of rotatable bonds is 7. The summed E-state index contributed by atoms with van der Waals surface area (Å²) in [6, 6.07) is 8.00. The van der Waals surface area contributed by atoms with Crippen molar-refractivity contribution < 1.29 is 13.2 Å². The second kappa shape index (κ2) is 9.33. The van der Waals surface area contributed by atoms with Crippen LogP contribution < -0.4 is 10.6 Å². The topological polar surface area (TPSA) is 36.4 Å². The fraction of sp³-hybridized carbons (Fsp3) is 0.562. The third-order valence-corrected chi connectivity index (χ3v) is 3.19. The monoisotopic (exact) mass is 315 g/mol. The molecule has 0 aliphatic carbocycles. The van der Waals surface area contributed by atoms with Gasteiger partial charge in [-0.3, -0.25) is 0 Å². The fourth-order valence-corrected chi connectivity index (χ4v) is 1.95. The van der Waals surface area contributed by atoms with Gasteiger partial charge in [-0.2, -0.15) is 13.2 Å². The lowest BCUT2D eigenvalue weighted by molar-refractivity contribution is -0.135. The van der Waals surface area contributed by atoms with E-state index >= 15 is 0 Å². The van der Waals surface area contributed by atoms with Gasteiger partial charge in [0.1, 0.15) is 0 Å². The molecule has 0 saturated carbocycles.